The summed E-state index contributed by atoms with van der Waals surface area (Å²) in [6.07, 6.45) is 3.75. The molecule has 2 heterocycles. The largest absolute Gasteiger partial charge is 0.497 e. The van der Waals surface area contributed by atoms with E-state index in [1.54, 1.807) is 7.11 Å². The van der Waals surface area contributed by atoms with Crippen molar-refractivity contribution in [1.29, 1.82) is 0 Å². The number of aromatic amines is 2. The molecule has 0 aliphatic carbocycles. The molecule has 0 unspecified atom stereocenters. The van der Waals surface area contributed by atoms with Crippen LogP contribution in [0.4, 0.5) is 0 Å². The Balaban J connectivity index is 0.000000181. The van der Waals surface area contributed by atoms with Crippen LogP contribution in [-0.2, 0) is 0 Å². The number of hydrogen-bond acceptors (Lipinski definition) is 3. The number of H-pyrrole nitrogens is 2. The van der Waals surface area contributed by atoms with Gasteiger partial charge in [0.15, 0.2) is 5.16 Å². The van der Waals surface area contributed by atoms with Gasteiger partial charge in [-0.05, 0) is 24.3 Å². The SMILES string of the molecule is COc1ccc2nc(S)[nH]c2c1.c1cc[nH]c1. The summed E-state index contributed by atoms with van der Waals surface area (Å²) >= 11 is 4.10. The van der Waals surface area contributed by atoms with Crippen molar-refractivity contribution in [2.75, 3.05) is 7.11 Å². The van der Waals surface area contributed by atoms with E-state index in [1.165, 1.54) is 0 Å². The molecular formula is C12H13N3OS. The van der Waals surface area contributed by atoms with E-state index in [4.69, 9.17) is 4.74 Å². The van der Waals surface area contributed by atoms with Crippen molar-refractivity contribution in [1.82, 2.24) is 15.0 Å². The minimum Gasteiger partial charge on any atom is -0.497 e. The first-order valence-electron chi connectivity index (χ1n) is 5.10. The molecule has 0 aliphatic rings. The third-order valence-corrected chi connectivity index (χ3v) is 2.38. The van der Waals surface area contributed by atoms with Gasteiger partial charge in [-0.2, -0.15) is 0 Å². The van der Waals surface area contributed by atoms with Crippen LogP contribution in [0.5, 0.6) is 5.75 Å². The van der Waals surface area contributed by atoms with E-state index in [-0.39, 0.29) is 0 Å². The highest BCUT2D eigenvalue weighted by Crippen LogP contribution is 2.19. The average molecular weight is 247 g/mol. The normalized spacial score (nSPS) is 9.76. The van der Waals surface area contributed by atoms with Crippen LogP contribution < -0.4 is 4.74 Å². The first-order valence-corrected chi connectivity index (χ1v) is 5.55. The van der Waals surface area contributed by atoms with Gasteiger partial charge in [-0.3, -0.25) is 0 Å². The van der Waals surface area contributed by atoms with Crippen molar-refractivity contribution < 1.29 is 4.74 Å². The Bertz CT molecular complexity index is 557. The second-order valence-corrected chi connectivity index (χ2v) is 3.75. The summed E-state index contributed by atoms with van der Waals surface area (Å²) in [4.78, 5) is 10.0. The van der Waals surface area contributed by atoms with Crippen molar-refractivity contribution in [3.05, 3.63) is 42.7 Å². The van der Waals surface area contributed by atoms with Gasteiger partial charge in [0.2, 0.25) is 0 Å². The second kappa shape index (κ2) is 5.45. The van der Waals surface area contributed by atoms with E-state index in [9.17, 15) is 0 Å². The fraction of sp³-hybridized carbons (Fsp3) is 0.0833. The Morgan fingerprint density at radius 1 is 1.24 bits per heavy atom. The summed E-state index contributed by atoms with van der Waals surface area (Å²) < 4.78 is 5.06. The Morgan fingerprint density at radius 3 is 2.59 bits per heavy atom. The number of thiol groups is 1. The molecule has 0 fully saturated rings. The maximum Gasteiger partial charge on any atom is 0.163 e. The topological polar surface area (TPSA) is 53.7 Å². The standard InChI is InChI=1S/C8H8N2OS.C4H5N/c1-11-5-2-3-6-7(4-5)10-8(12)9-6;1-2-4-5-3-1/h2-4H,1H3,(H2,9,10,12);1-5H. The molecule has 0 saturated carbocycles. The van der Waals surface area contributed by atoms with Crippen molar-refractivity contribution in [3.8, 4) is 5.75 Å². The highest BCUT2D eigenvalue weighted by atomic mass is 32.1. The van der Waals surface area contributed by atoms with E-state index >= 15 is 0 Å². The predicted octanol–water partition coefficient (Wildman–Crippen LogP) is 2.87. The Labute approximate surface area is 104 Å². The Morgan fingerprint density at radius 2 is 2.00 bits per heavy atom. The molecule has 0 amide bonds. The van der Waals surface area contributed by atoms with Crippen LogP contribution in [0.3, 0.4) is 0 Å². The zero-order valence-electron chi connectivity index (χ0n) is 9.34. The van der Waals surface area contributed by atoms with Crippen molar-refractivity contribution in [3.63, 3.8) is 0 Å². The van der Waals surface area contributed by atoms with Crippen molar-refractivity contribution in [2.45, 2.75) is 5.16 Å². The molecule has 4 nitrogen and oxygen atoms in total. The molecule has 0 aliphatic heterocycles. The van der Waals surface area contributed by atoms with Crippen LogP contribution in [0.25, 0.3) is 11.0 Å². The van der Waals surface area contributed by atoms with Gasteiger partial charge >= 0.3 is 0 Å². The first-order chi connectivity index (χ1) is 8.29. The first kappa shape index (κ1) is 11.6. The monoisotopic (exact) mass is 247 g/mol. The third kappa shape index (κ3) is 3.04. The lowest BCUT2D eigenvalue weighted by molar-refractivity contribution is 0.415. The molecule has 0 radical (unpaired) electrons. The van der Waals surface area contributed by atoms with Gasteiger partial charge in [0.1, 0.15) is 5.75 Å². The molecule has 5 heteroatoms. The third-order valence-electron chi connectivity index (χ3n) is 2.17. The lowest BCUT2D eigenvalue weighted by Gasteiger charge is -1.96. The number of aromatic nitrogens is 3. The molecule has 3 aromatic rings. The lowest BCUT2D eigenvalue weighted by atomic mass is 10.3. The van der Waals surface area contributed by atoms with Gasteiger partial charge in [0, 0.05) is 18.5 Å². The number of benzene rings is 1. The molecule has 0 saturated heterocycles. The van der Waals surface area contributed by atoms with E-state index in [1.807, 2.05) is 42.7 Å². The quantitative estimate of drug-likeness (QED) is 0.579. The van der Waals surface area contributed by atoms with E-state index in [2.05, 4.69) is 27.6 Å². The van der Waals surface area contributed by atoms with Crippen LogP contribution >= 0.6 is 12.6 Å². The van der Waals surface area contributed by atoms with Gasteiger partial charge in [0.25, 0.3) is 0 Å². The van der Waals surface area contributed by atoms with Gasteiger partial charge in [-0.25, -0.2) is 4.98 Å². The number of methoxy groups -OCH3 is 1. The summed E-state index contributed by atoms with van der Waals surface area (Å²) in [6, 6.07) is 9.54. The molecule has 3 rings (SSSR count). The van der Waals surface area contributed by atoms with Crippen LogP contribution in [0.15, 0.2) is 47.9 Å². The van der Waals surface area contributed by atoms with E-state index in [0.29, 0.717) is 5.16 Å². The molecule has 88 valence electrons. The molecular weight excluding hydrogens is 234 g/mol. The van der Waals surface area contributed by atoms with Crippen LogP contribution in [-0.4, -0.2) is 22.1 Å². The molecule has 0 bridgehead atoms. The Kier molecular flexibility index (Phi) is 3.72. The van der Waals surface area contributed by atoms with Crippen LogP contribution in [0.2, 0.25) is 0 Å². The molecule has 0 atom stereocenters. The summed E-state index contributed by atoms with van der Waals surface area (Å²) in [6.45, 7) is 0. The average Bonchev–Trinajstić information content (AvgIpc) is 2.99. The molecule has 1 aromatic carbocycles. The summed E-state index contributed by atoms with van der Waals surface area (Å²) in [5, 5.41) is 0.623. The minimum absolute atomic E-state index is 0.623. The molecule has 2 N–H and O–H groups in total. The number of nitrogens with zero attached hydrogens (tertiary/aromatic N) is 1. The van der Waals surface area contributed by atoms with E-state index in [0.717, 1.165) is 16.8 Å². The lowest BCUT2D eigenvalue weighted by Crippen LogP contribution is -1.80. The second-order valence-electron chi connectivity index (χ2n) is 3.33. The number of imidazole rings is 1. The number of hydrogen-bond donors (Lipinski definition) is 3. The van der Waals surface area contributed by atoms with Gasteiger partial charge in [-0.15, -0.1) is 12.6 Å². The highest BCUT2D eigenvalue weighted by Gasteiger charge is 1.99. The molecule has 17 heavy (non-hydrogen) atoms. The fourth-order valence-corrected chi connectivity index (χ4v) is 1.61. The van der Waals surface area contributed by atoms with E-state index < -0.39 is 0 Å². The van der Waals surface area contributed by atoms with Crippen molar-refractivity contribution in [2.24, 2.45) is 0 Å². The smallest absolute Gasteiger partial charge is 0.163 e. The zero-order chi connectivity index (χ0) is 12.1. The number of ether oxygens (including phenoxy) is 1. The number of rotatable bonds is 1. The van der Waals surface area contributed by atoms with Gasteiger partial charge < -0.3 is 14.7 Å². The number of fused-ring (bicyclic) bond motifs is 1. The van der Waals surface area contributed by atoms with Gasteiger partial charge in [0.05, 0.1) is 18.1 Å². The molecule has 0 spiro atoms. The summed E-state index contributed by atoms with van der Waals surface area (Å²) in [7, 11) is 1.64. The summed E-state index contributed by atoms with van der Waals surface area (Å²) in [5.74, 6) is 0.819. The predicted molar refractivity (Wildman–Crippen MR) is 70.7 cm³/mol. The number of nitrogens with one attached hydrogen (secondary N) is 2. The maximum atomic E-state index is 5.06. The highest BCUT2D eigenvalue weighted by molar-refractivity contribution is 7.80. The maximum absolute atomic E-state index is 5.06. The fourth-order valence-electron chi connectivity index (χ4n) is 1.38. The van der Waals surface area contributed by atoms with Crippen LogP contribution in [0, 0.1) is 0 Å². The Hall–Kier alpha value is -1.88. The van der Waals surface area contributed by atoms with Crippen molar-refractivity contribution >= 4 is 23.7 Å². The van der Waals surface area contributed by atoms with Crippen LogP contribution in [0.1, 0.15) is 0 Å². The molecule has 2 aromatic heterocycles. The zero-order valence-corrected chi connectivity index (χ0v) is 10.2. The van der Waals surface area contributed by atoms with Gasteiger partial charge in [-0.1, -0.05) is 0 Å². The summed E-state index contributed by atoms with van der Waals surface area (Å²) in [5.41, 5.74) is 1.85. The minimum atomic E-state index is 0.623.